The summed E-state index contributed by atoms with van der Waals surface area (Å²) in [6.07, 6.45) is 82.1. The summed E-state index contributed by atoms with van der Waals surface area (Å²) in [5.41, 5.74) is 0. The Morgan fingerprint density at radius 2 is 0.813 bits per heavy atom. The number of likely N-dealkylation sites (N-methyl/N-ethyl adjacent to an activating group) is 1. The molecular weight excluding hydrogens is 948 g/mol. The lowest BCUT2D eigenvalue weighted by molar-refractivity contribution is -0.870. The van der Waals surface area contributed by atoms with Crippen LogP contribution in [0, 0.1) is 0 Å². The number of amides is 1. The molecule has 0 spiro atoms. The lowest BCUT2D eigenvalue weighted by Crippen LogP contribution is -2.45. The van der Waals surface area contributed by atoms with Crippen molar-refractivity contribution in [1.82, 2.24) is 5.32 Å². The molecule has 0 radical (unpaired) electrons. The van der Waals surface area contributed by atoms with Crippen LogP contribution in [0.15, 0.2) is 109 Å². The second kappa shape index (κ2) is 55.9. The number of nitrogens with zero attached hydrogens (tertiary/aromatic N) is 1. The van der Waals surface area contributed by atoms with Crippen molar-refractivity contribution in [2.45, 2.75) is 264 Å². The first-order chi connectivity index (χ1) is 36.5. The lowest BCUT2D eigenvalue weighted by Gasteiger charge is -2.25. The molecule has 0 aliphatic carbocycles. The van der Waals surface area contributed by atoms with Gasteiger partial charge in [0.15, 0.2) is 0 Å². The minimum absolute atomic E-state index is 0.0499. The van der Waals surface area contributed by atoms with Crippen LogP contribution in [0.4, 0.5) is 0 Å². The van der Waals surface area contributed by atoms with Crippen molar-refractivity contribution in [3.8, 4) is 0 Å². The number of hydrogen-bond acceptors (Lipinski definition) is 5. The van der Waals surface area contributed by atoms with Gasteiger partial charge < -0.3 is 19.8 Å². The Hall–Kier alpha value is -2.84. The molecule has 75 heavy (non-hydrogen) atoms. The number of unbranched alkanes of at least 4 members (excludes halogenated alkanes) is 26. The van der Waals surface area contributed by atoms with Crippen molar-refractivity contribution in [1.29, 1.82) is 0 Å². The highest BCUT2D eigenvalue weighted by molar-refractivity contribution is 7.47. The summed E-state index contributed by atoms with van der Waals surface area (Å²) in [6.45, 7) is 4.67. The number of aliphatic hydroxyl groups excluding tert-OH is 1. The maximum Gasteiger partial charge on any atom is 0.472 e. The maximum absolute atomic E-state index is 13.0. The van der Waals surface area contributed by atoms with Gasteiger partial charge >= 0.3 is 7.82 Å². The molecule has 432 valence electrons. The van der Waals surface area contributed by atoms with Crippen molar-refractivity contribution in [3.63, 3.8) is 0 Å². The molecule has 0 aromatic carbocycles. The third kappa shape index (κ3) is 58.7. The van der Waals surface area contributed by atoms with E-state index in [1.165, 1.54) is 148 Å². The summed E-state index contributed by atoms with van der Waals surface area (Å²) in [5, 5.41) is 13.9. The summed E-state index contributed by atoms with van der Waals surface area (Å²) in [5.74, 6) is -0.193. The molecule has 3 atom stereocenters. The fourth-order valence-corrected chi connectivity index (χ4v) is 9.17. The summed E-state index contributed by atoms with van der Waals surface area (Å²) >= 11 is 0. The number of rotatable bonds is 55. The summed E-state index contributed by atoms with van der Waals surface area (Å²) in [7, 11) is 1.54. The Morgan fingerprint density at radius 1 is 0.467 bits per heavy atom. The van der Waals surface area contributed by atoms with Gasteiger partial charge in [0, 0.05) is 6.42 Å². The zero-order valence-electron chi connectivity index (χ0n) is 49.3. The highest BCUT2D eigenvalue weighted by Gasteiger charge is 2.27. The average Bonchev–Trinajstić information content (AvgIpc) is 3.37. The lowest BCUT2D eigenvalue weighted by atomic mass is 10.0. The molecule has 0 aliphatic rings. The van der Waals surface area contributed by atoms with Crippen LogP contribution in [-0.4, -0.2) is 73.4 Å². The van der Waals surface area contributed by atoms with E-state index < -0.39 is 20.0 Å². The smallest absolute Gasteiger partial charge is 0.387 e. The van der Waals surface area contributed by atoms with Crippen LogP contribution in [0.3, 0.4) is 0 Å². The molecular formula is C66H118N2O6P+. The van der Waals surface area contributed by atoms with E-state index in [1.807, 2.05) is 27.2 Å². The first-order valence-corrected chi connectivity index (χ1v) is 32.3. The molecule has 0 bridgehead atoms. The second-order valence-electron chi connectivity index (χ2n) is 21.7. The molecule has 0 saturated carbocycles. The SMILES string of the molecule is CC/C=C\C/C=C\C/C=C\C/C=C\C/C=C\C/C=C\CCCCCCCCCCCCCCCCCCC(=O)NC(COP(=O)(O)OCC[N+](C)(C)C)C(O)/C=C/CC/C=C/CC/C=C/CCCCCCCCCC. The van der Waals surface area contributed by atoms with Crippen LogP contribution in [-0.2, 0) is 18.4 Å². The quantitative estimate of drug-likeness (QED) is 0.0243. The second-order valence-corrected chi connectivity index (χ2v) is 23.1. The van der Waals surface area contributed by atoms with E-state index in [0.717, 1.165) is 83.5 Å². The number of carbonyl (C=O) groups excluding carboxylic acids is 1. The van der Waals surface area contributed by atoms with Crippen LogP contribution in [0.25, 0.3) is 0 Å². The number of carbonyl (C=O) groups is 1. The van der Waals surface area contributed by atoms with Gasteiger partial charge in [0.1, 0.15) is 13.2 Å². The van der Waals surface area contributed by atoms with Gasteiger partial charge in [-0.05, 0) is 96.3 Å². The normalized spacial score (nSPS) is 14.6. The summed E-state index contributed by atoms with van der Waals surface area (Å²) < 4.78 is 23.7. The van der Waals surface area contributed by atoms with Gasteiger partial charge in [0.25, 0.3) is 0 Å². The van der Waals surface area contributed by atoms with E-state index in [2.05, 4.69) is 116 Å². The minimum Gasteiger partial charge on any atom is -0.387 e. The van der Waals surface area contributed by atoms with Crippen LogP contribution in [0.5, 0.6) is 0 Å². The van der Waals surface area contributed by atoms with Crippen LogP contribution in [0.2, 0.25) is 0 Å². The average molecular weight is 1070 g/mol. The third-order valence-corrected chi connectivity index (χ3v) is 14.2. The monoisotopic (exact) mass is 1070 g/mol. The van der Waals surface area contributed by atoms with Crippen LogP contribution < -0.4 is 5.32 Å². The standard InChI is InChI=1S/C66H117N2O6P/c1-6-8-10-12-14-16-18-20-22-24-26-27-28-29-30-31-32-33-34-35-36-37-38-39-40-41-42-44-46-48-50-52-54-56-58-60-66(70)67-64(63-74-75(71,72)73-62-61-68(3,4)5)65(69)59-57-55-53-51-49-47-45-43-25-23-21-19-17-15-13-11-9-7-2/h8,10,14,16,20,22,25-27,29-30,32-33,43,49,51,57,59,64-65,69H,6-7,9,11-13,15,17-19,21,23-24,28,31,34-42,44-48,50,52-56,58,60-63H2,1-5H3,(H-,67,70,71,72)/p+1/b10-8-,16-14-,22-20-,27-26-,30-29-,33-32-,43-25+,51-49+,59-57+. The Morgan fingerprint density at radius 3 is 1.23 bits per heavy atom. The van der Waals surface area contributed by atoms with E-state index in [9.17, 15) is 19.4 Å². The van der Waals surface area contributed by atoms with Gasteiger partial charge in [0.2, 0.25) is 5.91 Å². The largest absolute Gasteiger partial charge is 0.472 e. The van der Waals surface area contributed by atoms with Gasteiger partial charge in [-0.2, -0.15) is 0 Å². The third-order valence-electron chi connectivity index (χ3n) is 13.2. The van der Waals surface area contributed by atoms with Gasteiger partial charge in [-0.3, -0.25) is 13.8 Å². The van der Waals surface area contributed by atoms with Crippen molar-refractivity contribution in [3.05, 3.63) is 109 Å². The Labute approximate surface area is 463 Å². The maximum atomic E-state index is 13.0. The first kappa shape index (κ1) is 72.2. The molecule has 0 aromatic rings. The fraction of sp³-hybridized carbons (Fsp3) is 0.712. The van der Waals surface area contributed by atoms with E-state index in [-0.39, 0.29) is 19.1 Å². The zero-order valence-corrected chi connectivity index (χ0v) is 50.1. The number of aliphatic hydroxyl groups is 1. The molecule has 0 aliphatic heterocycles. The van der Waals surface area contributed by atoms with Gasteiger partial charge in [-0.1, -0.05) is 258 Å². The van der Waals surface area contributed by atoms with Crippen molar-refractivity contribution in [2.75, 3.05) is 40.9 Å². The number of hydrogen-bond donors (Lipinski definition) is 3. The summed E-state index contributed by atoms with van der Waals surface area (Å²) in [6, 6.07) is -0.875. The Balaban J connectivity index is 4.13. The van der Waals surface area contributed by atoms with Crippen molar-refractivity contribution >= 4 is 13.7 Å². The number of quaternary nitrogens is 1. The van der Waals surface area contributed by atoms with Crippen molar-refractivity contribution in [2.24, 2.45) is 0 Å². The number of phosphoric acid groups is 1. The molecule has 0 heterocycles. The topological polar surface area (TPSA) is 105 Å². The Kier molecular flexibility index (Phi) is 53.8. The molecule has 0 saturated heterocycles. The van der Waals surface area contributed by atoms with E-state index in [0.29, 0.717) is 17.4 Å². The van der Waals surface area contributed by atoms with Gasteiger partial charge in [0.05, 0.1) is 39.9 Å². The first-order valence-electron chi connectivity index (χ1n) is 30.8. The summed E-state index contributed by atoms with van der Waals surface area (Å²) in [4.78, 5) is 23.3. The van der Waals surface area contributed by atoms with E-state index in [4.69, 9.17) is 9.05 Å². The predicted octanol–water partition coefficient (Wildman–Crippen LogP) is 19.2. The van der Waals surface area contributed by atoms with Gasteiger partial charge in [-0.25, -0.2) is 4.57 Å². The zero-order chi connectivity index (χ0) is 54.9. The molecule has 8 nitrogen and oxygen atoms in total. The fourth-order valence-electron chi connectivity index (χ4n) is 8.43. The Bertz CT molecular complexity index is 1590. The van der Waals surface area contributed by atoms with E-state index in [1.54, 1.807) is 6.08 Å². The molecule has 1 amide bonds. The molecule has 0 fully saturated rings. The predicted molar refractivity (Wildman–Crippen MR) is 327 cm³/mol. The highest BCUT2D eigenvalue weighted by Crippen LogP contribution is 2.43. The molecule has 3 unspecified atom stereocenters. The van der Waals surface area contributed by atoms with E-state index >= 15 is 0 Å². The number of nitrogens with one attached hydrogen (secondary N) is 1. The van der Waals surface area contributed by atoms with Gasteiger partial charge in [-0.15, -0.1) is 0 Å². The number of phosphoric ester groups is 1. The number of allylic oxidation sites excluding steroid dienone is 17. The molecule has 0 rings (SSSR count). The van der Waals surface area contributed by atoms with Crippen LogP contribution >= 0.6 is 7.82 Å². The van der Waals surface area contributed by atoms with Crippen LogP contribution in [0.1, 0.15) is 251 Å². The molecule has 0 aromatic heterocycles. The van der Waals surface area contributed by atoms with Crippen molar-refractivity contribution < 1.29 is 32.9 Å². The molecule has 3 N–H and O–H groups in total. The highest BCUT2D eigenvalue weighted by atomic mass is 31.2. The molecule has 9 heteroatoms. The minimum atomic E-state index is -4.36.